The summed E-state index contributed by atoms with van der Waals surface area (Å²) in [6.45, 7) is 4.02. The molecule has 0 aromatic rings. The van der Waals surface area contributed by atoms with Gasteiger partial charge in [-0.05, 0) is 19.4 Å². The second-order valence-corrected chi connectivity index (χ2v) is 5.40. The number of carbonyl (C=O) groups is 1. The van der Waals surface area contributed by atoms with Crippen LogP contribution in [0.25, 0.3) is 0 Å². The van der Waals surface area contributed by atoms with Gasteiger partial charge in [0.05, 0.1) is 25.2 Å². The predicted octanol–water partition coefficient (Wildman–Crippen LogP) is -0.557. The maximum Gasteiger partial charge on any atom is 0.225 e. The van der Waals surface area contributed by atoms with Crippen molar-refractivity contribution in [2.24, 2.45) is 0 Å². The van der Waals surface area contributed by atoms with Crippen molar-refractivity contribution in [2.45, 2.75) is 37.5 Å². The largest absolute Gasteiger partial charge is 0.391 e. The minimum Gasteiger partial charge on any atom is -0.391 e. The maximum absolute atomic E-state index is 11.6. The van der Waals surface area contributed by atoms with Crippen molar-refractivity contribution in [3.63, 3.8) is 0 Å². The van der Waals surface area contributed by atoms with Gasteiger partial charge in [0.2, 0.25) is 5.91 Å². The third-order valence-corrected chi connectivity index (χ3v) is 4.08. The number of hydrogen-bond donors (Lipinski definition) is 1. The highest BCUT2D eigenvalue weighted by Gasteiger charge is 2.35. The van der Waals surface area contributed by atoms with Gasteiger partial charge in [-0.2, -0.15) is 0 Å². The van der Waals surface area contributed by atoms with Gasteiger partial charge in [-0.15, -0.1) is 0 Å². The molecule has 0 bridgehead atoms. The Morgan fingerprint density at radius 1 is 1.41 bits per heavy atom. The smallest absolute Gasteiger partial charge is 0.225 e. The first kappa shape index (κ1) is 11.4. The Labute approximate surface area is 101 Å². The van der Waals surface area contributed by atoms with E-state index in [1.54, 1.807) is 4.90 Å². The number of aliphatic hydroxyl groups excluding tert-OH is 1. The molecule has 3 aliphatic heterocycles. The average Bonchev–Trinajstić information content (AvgIpc) is 2.85. The lowest BCUT2D eigenvalue weighted by Gasteiger charge is -2.36. The number of β-amino-alcohol motifs (C(OH)–C–C–N with tert-alkyl or cyclic N) is 1. The van der Waals surface area contributed by atoms with Gasteiger partial charge in [0.15, 0.2) is 0 Å². The molecule has 0 aromatic heterocycles. The molecule has 17 heavy (non-hydrogen) atoms. The second-order valence-electron chi connectivity index (χ2n) is 5.40. The van der Waals surface area contributed by atoms with Crippen LogP contribution in [-0.2, 0) is 9.53 Å². The van der Waals surface area contributed by atoms with Gasteiger partial charge in [-0.3, -0.25) is 9.69 Å². The van der Waals surface area contributed by atoms with Gasteiger partial charge in [-0.25, -0.2) is 0 Å². The zero-order valence-electron chi connectivity index (χ0n) is 10.0. The Morgan fingerprint density at radius 3 is 3.06 bits per heavy atom. The quantitative estimate of drug-likeness (QED) is 0.703. The van der Waals surface area contributed by atoms with E-state index < -0.39 is 6.10 Å². The molecule has 0 radical (unpaired) electrons. The minimum absolute atomic E-state index is 0.0599. The van der Waals surface area contributed by atoms with Gasteiger partial charge >= 0.3 is 0 Å². The predicted molar refractivity (Wildman–Crippen MR) is 61.5 cm³/mol. The number of ether oxygens (including phenoxy) is 1. The number of hydrogen-bond acceptors (Lipinski definition) is 4. The number of likely N-dealkylation sites (tertiary alicyclic amines) is 1. The molecule has 3 aliphatic rings. The molecule has 3 heterocycles. The SMILES string of the molecule is O=C1CC(O)CN1CC1CN2CCCC2CO1. The van der Waals surface area contributed by atoms with Crippen molar-refractivity contribution < 1.29 is 14.6 Å². The lowest BCUT2D eigenvalue weighted by Crippen LogP contribution is -2.50. The second kappa shape index (κ2) is 4.55. The topological polar surface area (TPSA) is 53.0 Å². The number of amides is 1. The Hall–Kier alpha value is -0.650. The first-order chi connectivity index (χ1) is 8.22. The zero-order valence-corrected chi connectivity index (χ0v) is 10.0. The van der Waals surface area contributed by atoms with E-state index in [-0.39, 0.29) is 18.4 Å². The number of rotatable bonds is 2. The van der Waals surface area contributed by atoms with E-state index in [1.165, 1.54) is 19.4 Å². The Bertz CT molecular complexity index is 310. The standard InChI is InChI=1S/C12H20N2O3/c15-10-4-12(16)14(5-10)7-11-6-13-3-1-2-9(13)8-17-11/h9-11,15H,1-8H2. The van der Waals surface area contributed by atoms with Crippen LogP contribution in [0.5, 0.6) is 0 Å². The Balaban J connectivity index is 1.54. The summed E-state index contributed by atoms with van der Waals surface area (Å²) in [6, 6.07) is 0.603. The third kappa shape index (κ3) is 2.32. The molecular formula is C12H20N2O3. The molecule has 0 spiro atoms. The normalized spacial score (nSPS) is 38.8. The zero-order chi connectivity index (χ0) is 11.8. The third-order valence-electron chi connectivity index (χ3n) is 4.08. The van der Waals surface area contributed by atoms with Gasteiger partial charge in [0.1, 0.15) is 0 Å². The fourth-order valence-electron chi connectivity index (χ4n) is 3.17. The van der Waals surface area contributed by atoms with E-state index >= 15 is 0 Å². The van der Waals surface area contributed by atoms with Crippen LogP contribution in [0.2, 0.25) is 0 Å². The molecule has 96 valence electrons. The molecule has 3 fully saturated rings. The first-order valence-corrected chi connectivity index (χ1v) is 6.54. The van der Waals surface area contributed by atoms with Gasteiger partial charge in [-0.1, -0.05) is 0 Å². The summed E-state index contributed by atoms with van der Waals surface area (Å²) in [7, 11) is 0. The van der Waals surface area contributed by atoms with Crippen LogP contribution in [0, 0.1) is 0 Å². The molecule has 3 atom stereocenters. The van der Waals surface area contributed by atoms with E-state index in [0.717, 1.165) is 13.2 Å². The molecule has 3 unspecified atom stereocenters. The molecule has 3 rings (SSSR count). The van der Waals surface area contributed by atoms with Crippen molar-refractivity contribution in [3.05, 3.63) is 0 Å². The van der Waals surface area contributed by atoms with Gasteiger partial charge < -0.3 is 14.7 Å². The highest BCUT2D eigenvalue weighted by atomic mass is 16.5. The fraction of sp³-hybridized carbons (Fsp3) is 0.917. The molecule has 0 saturated carbocycles. The molecule has 0 aromatic carbocycles. The minimum atomic E-state index is -0.481. The molecule has 1 N–H and O–H groups in total. The van der Waals surface area contributed by atoms with E-state index in [4.69, 9.17) is 4.74 Å². The summed E-state index contributed by atoms with van der Waals surface area (Å²) in [5.74, 6) is 0.0599. The van der Waals surface area contributed by atoms with Crippen molar-refractivity contribution in [1.82, 2.24) is 9.80 Å². The summed E-state index contributed by atoms with van der Waals surface area (Å²) in [4.78, 5) is 15.8. The number of carbonyl (C=O) groups excluding carboxylic acids is 1. The molecule has 1 amide bonds. The monoisotopic (exact) mass is 240 g/mol. The van der Waals surface area contributed by atoms with Crippen LogP contribution < -0.4 is 0 Å². The highest BCUT2D eigenvalue weighted by molar-refractivity contribution is 5.79. The van der Waals surface area contributed by atoms with Crippen molar-refractivity contribution in [1.29, 1.82) is 0 Å². The Kier molecular flexibility index (Phi) is 3.06. The molecule has 5 heteroatoms. The Morgan fingerprint density at radius 2 is 2.29 bits per heavy atom. The summed E-state index contributed by atoms with van der Waals surface area (Å²) < 4.78 is 5.82. The van der Waals surface area contributed by atoms with Crippen molar-refractivity contribution in [3.8, 4) is 0 Å². The fourth-order valence-corrected chi connectivity index (χ4v) is 3.17. The highest BCUT2D eigenvalue weighted by Crippen LogP contribution is 2.23. The summed E-state index contributed by atoms with van der Waals surface area (Å²) in [5, 5.41) is 9.44. The summed E-state index contributed by atoms with van der Waals surface area (Å²) in [6.07, 6.45) is 2.43. The molecule has 3 saturated heterocycles. The summed E-state index contributed by atoms with van der Waals surface area (Å²) >= 11 is 0. The van der Waals surface area contributed by atoms with Gasteiger partial charge in [0, 0.05) is 25.7 Å². The molecule has 5 nitrogen and oxygen atoms in total. The van der Waals surface area contributed by atoms with Crippen molar-refractivity contribution >= 4 is 5.91 Å². The first-order valence-electron chi connectivity index (χ1n) is 6.54. The van der Waals surface area contributed by atoms with Gasteiger partial charge in [0.25, 0.3) is 0 Å². The average molecular weight is 240 g/mol. The van der Waals surface area contributed by atoms with Crippen LogP contribution in [0.15, 0.2) is 0 Å². The molecule has 0 aliphatic carbocycles. The number of nitrogens with zero attached hydrogens (tertiary/aromatic N) is 2. The number of morpholine rings is 1. The number of aliphatic hydroxyl groups is 1. The van der Waals surface area contributed by atoms with E-state index in [0.29, 0.717) is 19.1 Å². The molecular weight excluding hydrogens is 220 g/mol. The van der Waals surface area contributed by atoms with Crippen LogP contribution in [-0.4, -0.2) is 71.8 Å². The van der Waals surface area contributed by atoms with E-state index in [9.17, 15) is 9.90 Å². The lowest BCUT2D eigenvalue weighted by molar-refractivity contribution is -0.131. The van der Waals surface area contributed by atoms with Crippen LogP contribution in [0.1, 0.15) is 19.3 Å². The summed E-state index contributed by atoms with van der Waals surface area (Å²) in [5.41, 5.74) is 0. The van der Waals surface area contributed by atoms with E-state index in [2.05, 4.69) is 4.90 Å². The van der Waals surface area contributed by atoms with Crippen molar-refractivity contribution in [2.75, 3.05) is 32.8 Å². The van der Waals surface area contributed by atoms with E-state index in [1.807, 2.05) is 0 Å². The van der Waals surface area contributed by atoms with Crippen LogP contribution in [0.4, 0.5) is 0 Å². The number of fused-ring (bicyclic) bond motifs is 1. The van der Waals surface area contributed by atoms with Crippen LogP contribution >= 0.6 is 0 Å². The lowest BCUT2D eigenvalue weighted by atomic mass is 10.2. The maximum atomic E-state index is 11.6. The van der Waals surface area contributed by atoms with Crippen LogP contribution in [0.3, 0.4) is 0 Å².